The van der Waals surface area contributed by atoms with Crippen molar-refractivity contribution in [1.82, 2.24) is 10.6 Å². The Morgan fingerprint density at radius 3 is 1.95 bits per heavy atom. The number of nitrogens with zero attached hydrogens (tertiary/aromatic N) is 2. The molecule has 0 rings (SSSR count). The number of aldehydes is 1. The van der Waals surface area contributed by atoms with Gasteiger partial charge in [0.2, 0.25) is 0 Å². The summed E-state index contributed by atoms with van der Waals surface area (Å²) in [5, 5.41) is 30.1. The monoisotopic (exact) mass is 286 g/mol. The summed E-state index contributed by atoms with van der Waals surface area (Å²) < 4.78 is 0. The molecule has 0 saturated heterocycles. The second-order valence-corrected chi connectivity index (χ2v) is 5.75. The smallest absolute Gasteiger partial charge is 0.169 e. The number of carbonyl (C=O) groups excluding carboxylic acids is 1. The van der Waals surface area contributed by atoms with E-state index in [1.165, 1.54) is 0 Å². The van der Waals surface area contributed by atoms with Crippen molar-refractivity contribution >= 4 is 17.7 Å². The predicted octanol–water partition coefficient (Wildman–Crippen LogP) is 0.992. The summed E-state index contributed by atoms with van der Waals surface area (Å²) in [7, 11) is 0. The zero-order valence-electron chi connectivity index (χ0n) is 12.9. The average Bonchev–Trinajstić information content (AvgIpc) is 2.38. The first-order valence-corrected chi connectivity index (χ1v) is 6.58. The topological polar surface area (TPSA) is 106 Å². The van der Waals surface area contributed by atoms with Crippen molar-refractivity contribution in [2.45, 2.75) is 52.1 Å². The van der Waals surface area contributed by atoms with Gasteiger partial charge in [-0.2, -0.15) is 0 Å². The van der Waals surface area contributed by atoms with Gasteiger partial charge in [0.1, 0.15) is 5.71 Å². The average molecular weight is 286 g/mol. The molecule has 0 bridgehead atoms. The van der Waals surface area contributed by atoms with E-state index in [0.29, 0.717) is 18.5 Å². The van der Waals surface area contributed by atoms with Gasteiger partial charge in [-0.25, -0.2) is 0 Å². The van der Waals surface area contributed by atoms with Crippen LogP contribution in [0.4, 0.5) is 0 Å². The number of nitrogens with one attached hydrogen (secondary N) is 2. The highest BCUT2D eigenvalue weighted by atomic mass is 16.4. The highest BCUT2D eigenvalue weighted by molar-refractivity contribution is 6.32. The van der Waals surface area contributed by atoms with E-state index in [9.17, 15) is 4.79 Å². The van der Waals surface area contributed by atoms with E-state index in [2.05, 4.69) is 20.9 Å². The Labute approximate surface area is 120 Å². The van der Waals surface area contributed by atoms with Crippen LogP contribution in [-0.2, 0) is 4.79 Å². The third-order valence-corrected chi connectivity index (χ3v) is 3.40. The number of hydrogen-bond acceptors (Lipinski definition) is 7. The van der Waals surface area contributed by atoms with Gasteiger partial charge in [0.05, 0.1) is 16.8 Å². The molecule has 4 N–H and O–H groups in total. The van der Waals surface area contributed by atoms with Crippen LogP contribution in [0.15, 0.2) is 10.3 Å². The van der Waals surface area contributed by atoms with Crippen molar-refractivity contribution in [2.24, 2.45) is 10.3 Å². The van der Waals surface area contributed by atoms with E-state index in [0.717, 1.165) is 13.0 Å². The summed E-state index contributed by atoms with van der Waals surface area (Å²) >= 11 is 0. The van der Waals surface area contributed by atoms with E-state index < -0.39 is 5.54 Å². The summed E-state index contributed by atoms with van der Waals surface area (Å²) in [6.07, 6.45) is 1.35. The number of hydrogen-bond donors (Lipinski definition) is 4. The van der Waals surface area contributed by atoms with Gasteiger partial charge >= 0.3 is 0 Å². The van der Waals surface area contributed by atoms with Crippen molar-refractivity contribution < 1.29 is 15.2 Å². The van der Waals surface area contributed by atoms with Gasteiger partial charge < -0.3 is 21.0 Å². The summed E-state index contributed by atoms with van der Waals surface area (Å²) in [6.45, 7) is 10.5. The minimum absolute atomic E-state index is 0.0639. The minimum atomic E-state index is -0.672. The zero-order valence-corrected chi connectivity index (χ0v) is 12.9. The molecule has 0 aromatic rings. The van der Waals surface area contributed by atoms with Gasteiger partial charge in [-0.15, -0.1) is 0 Å². The number of rotatable bonds is 9. The van der Waals surface area contributed by atoms with Crippen molar-refractivity contribution in [3.05, 3.63) is 0 Å². The second-order valence-electron chi connectivity index (χ2n) is 5.75. The highest BCUT2D eigenvalue weighted by Crippen LogP contribution is 2.06. The quantitative estimate of drug-likeness (QED) is 0.166. The molecule has 0 spiro atoms. The number of oxime groups is 2. The van der Waals surface area contributed by atoms with Crippen LogP contribution in [0.3, 0.4) is 0 Å². The Bertz CT molecular complexity index is 376. The van der Waals surface area contributed by atoms with E-state index in [1.807, 2.05) is 13.8 Å². The maximum Gasteiger partial charge on any atom is 0.169 e. The van der Waals surface area contributed by atoms with Crippen LogP contribution in [0.2, 0.25) is 0 Å². The molecule has 0 aromatic carbocycles. The summed E-state index contributed by atoms with van der Waals surface area (Å²) in [5.41, 5.74) is -0.366. The SMILES string of the molecule is CC(=NO)C(C)(C)NCCCNC(C)(C)C(C=O)=NO. The predicted molar refractivity (Wildman–Crippen MR) is 79.0 cm³/mol. The first kappa shape index (κ1) is 18.5. The molecule has 0 aliphatic heterocycles. The third kappa shape index (κ3) is 5.66. The normalized spacial score (nSPS) is 14.4. The molecule has 0 heterocycles. The lowest BCUT2D eigenvalue weighted by Gasteiger charge is -2.27. The Morgan fingerprint density at radius 1 is 1.05 bits per heavy atom. The van der Waals surface area contributed by atoms with Gasteiger partial charge in [0.15, 0.2) is 6.29 Å². The number of carbonyl (C=O) groups is 1. The molecule has 0 atom stereocenters. The summed E-state index contributed by atoms with van der Waals surface area (Å²) in [5.74, 6) is 0. The summed E-state index contributed by atoms with van der Waals surface area (Å²) in [4.78, 5) is 10.7. The molecule has 0 saturated carbocycles. The fourth-order valence-electron chi connectivity index (χ4n) is 1.53. The van der Waals surface area contributed by atoms with Crippen molar-refractivity contribution in [1.29, 1.82) is 0 Å². The molecule has 0 aromatic heterocycles. The first-order valence-electron chi connectivity index (χ1n) is 6.58. The molecule has 0 aliphatic rings. The maximum atomic E-state index is 10.7. The van der Waals surface area contributed by atoms with Gasteiger partial charge in [-0.05, 0) is 54.1 Å². The standard InChI is InChI=1S/C13H26N4O3/c1-10(16-19)12(2,3)14-7-6-8-15-13(4,5)11(9-18)17-20/h9,14-15,19-20H,6-8H2,1-5H3. The van der Waals surface area contributed by atoms with E-state index in [1.54, 1.807) is 20.8 Å². The molecule has 0 fully saturated rings. The lowest BCUT2D eigenvalue weighted by atomic mass is 9.98. The van der Waals surface area contributed by atoms with Crippen LogP contribution < -0.4 is 10.6 Å². The third-order valence-electron chi connectivity index (χ3n) is 3.40. The lowest BCUT2D eigenvalue weighted by Crippen LogP contribution is -2.49. The summed E-state index contributed by atoms with van der Waals surface area (Å²) in [6, 6.07) is 0. The molecule has 0 aliphatic carbocycles. The largest absolute Gasteiger partial charge is 0.411 e. The van der Waals surface area contributed by atoms with Crippen LogP contribution in [-0.4, -0.2) is 52.3 Å². The molecule has 116 valence electrons. The first-order chi connectivity index (χ1) is 9.21. The van der Waals surface area contributed by atoms with Crippen LogP contribution in [0.5, 0.6) is 0 Å². The van der Waals surface area contributed by atoms with Gasteiger partial charge in [0, 0.05) is 0 Å². The van der Waals surface area contributed by atoms with Crippen LogP contribution >= 0.6 is 0 Å². The minimum Gasteiger partial charge on any atom is -0.411 e. The molecular formula is C13H26N4O3. The molecule has 20 heavy (non-hydrogen) atoms. The Morgan fingerprint density at radius 2 is 1.55 bits per heavy atom. The molecule has 0 amide bonds. The van der Waals surface area contributed by atoms with Crippen molar-refractivity contribution in [2.75, 3.05) is 13.1 Å². The van der Waals surface area contributed by atoms with Gasteiger partial charge in [-0.1, -0.05) is 10.3 Å². The van der Waals surface area contributed by atoms with Crippen LogP contribution in [0, 0.1) is 0 Å². The Hall–Kier alpha value is -1.47. The van der Waals surface area contributed by atoms with Gasteiger partial charge in [-0.3, -0.25) is 4.79 Å². The van der Waals surface area contributed by atoms with E-state index in [-0.39, 0.29) is 11.3 Å². The van der Waals surface area contributed by atoms with Gasteiger partial charge in [0.25, 0.3) is 0 Å². The highest BCUT2D eigenvalue weighted by Gasteiger charge is 2.25. The molecular weight excluding hydrogens is 260 g/mol. The second kappa shape index (κ2) is 7.96. The molecule has 7 nitrogen and oxygen atoms in total. The van der Waals surface area contributed by atoms with Crippen molar-refractivity contribution in [3.63, 3.8) is 0 Å². The zero-order chi connectivity index (χ0) is 15.8. The molecule has 0 unspecified atom stereocenters. The van der Waals surface area contributed by atoms with E-state index >= 15 is 0 Å². The van der Waals surface area contributed by atoms with Crippen LogP contribution in [0.1, 0.15) is 41.0 Å². The fraction of sp³-hybridized carbons (Fsp3) is 0.769. The Kier molecular flexibility index (Phi) is 7.38. The maximum absolute atomic E-state index is 10.7. The molecule has 0 radical (unpaired) electrons. The van der Waals surface area contributed by atoms with Crippen LogP contribution in [0.25, 0.3) is 0 Å². The Balaban J connectivity index is 4.14. The molecule has 7 heteroatoms. The lowest BCUT2D eigenvalue weighted by molar-refractivity contribution is -0.103. The van der Waals surface area contributed by atoms with Crippen molar-refractivity contribution in [3.8, 4) is 0 Å². The fourth-order valence-corrected chi connectivity index (χ4v) is 1.53. The van der Waals surface area contributed by atoms with E-state index in [4.69, 9.17) is 10.4 Å².